The van der Waals surface area contributed by atoms with Crippen molar-refractivity contribution < 1.29 is 9.18 Å². The van der Waals surface area contributed by atoms with E-state index in [-0.39, 0.29) is 17.2 Å². The molecular weight excluding hydrogens is 311 g/mol. The number of halogens is 1. The molecule has 0 unspecified atom stereocenters. The lowest BCUT2D eigenvalue weighted by molar-refractivity contribution is 0.100. The fourth-order valence-corrected chi connectivity index (χ4v) is 2.15. The molecule has 0 saturated heterocycles. The Morgan fingerprint density at radius 2 is 1.88 bits per heavy atom. The van der Waals surface area contributed by atoms with Gasteiger partial charge in [-0.15, -0.1) is 0 Å². The maximum atomic E-state index is 13.3. The summed E-state index contributed by atoms with van der Waals surface area (Å²) in [6, 6.07) is 10.8. The highest BCUT2D eigenvalue weighted by molar-refractivity contribution is 5.98. The number of hydrogen-bond acceptors (Lipinski definition) is 6. The first-order valence-corrected chi connectivity index (χ1v) is 7.01. The van der Waals surface area contributed by atoms with E-state index in [1.165, 1.54) is 23.4 Å². The number of carbonyl (C=O) groups is 1. The molecule has 2 N–H and O–H groups in total. The standard InChI is InChI=1S/C16H13FN6O/c1-23(12-7-8-19-16(17)21-12)15-11(13(18)24)9-20-14(22-15)10-5-3-2-4-6-10/h2-9H,1H3,(H2,18,24). The highest BCUT2D eigenvalue weighted by Crippen LogP contribution is 2.25. The number of anilines is 2. The topological polar surface area (TPSA) is 97.9 Å². The molecule has 1 amide bonds. The van der Waals surface area contributed by atoms with Crippen molar-refractivity contribution in [3.05, 3.63) is 60.4 Å². The van der Waals surface area contributed by atoms with Crippen LogP contribution in [0.2, 0.25) is 0 Å². The third-order valence-electron chi connectivity index (χ3n) is 3.34. The van der Waals surface area contributed by atoms with Crippen LogP contribution in [0.1, 0.15) is 10.4 Å². The SMILES string of the molecule is CN(c1ccnc(F)n1)c1nc(-c2ccccc2)ncc1C(N)=O. The summed E-state index contributed by atoms with van der Waals surface area (Å²) in [6.07, 6.45) is 1.75. The average Bonchev–Trinajstić information content (AvgIpc) is 2.61. The van der Waals surface area contributed by atoms with Gasteiger partial charge in [0, 0.05) is 25.0 Å². The van der Waals surface area contributed by atoms with Crippen LogP contribution in [0.25, 0.3) is 11.4 Å². The average molecular weight is 324 g/mol. The molecule has 0 atom stereocenters. The molecule has 24 heavy (non-hydrogen) atoms. The number of carbonyl (C=O) groups excluding carboxylic acids is 1. The number of hydrogen-bond donors (Lipinski definition) is 1. The number of rotatable bonds is 4. The lowest BCUT2D eigenvalue weighted by atomic mass is 10.2. The van der Waals surface area contributed by atoms with Crippen molar-refractivity contribution >= 4 is 17.5 Å². The Hall–Kier alpha value is -3.42. The van der Waals surface area contributed by atoms with Crippen LogP contribution < -0.4 is 10.6 Å². The maximum Gasteiger partial charge on any atom is 0.310 e. The molecule has 0 spiro atoms. The summed E-state index contributed by atoms with van der Waals surface area (Å²) in [6.45, 7) is 0. The molecule has 3 rings (SSSR count). The Labute approximate surface area is 137 Å². The van der Waals surface area contributed by atoms with Gasteiger partial charge in [-0.25, -0.2) is 15.0 Å². The van der Waals surface area contributed by atoms with Crippen LogP contribution >= 0.6 is 0 Å². The minimum absolute atomic E-state index is 0.108. The van der Waals surface area contributed by atoms with Gasteiger partial charge >= 0.3 is 6.08 Å². The summed E-state index contributed by atoms with van der Waals surface area (Å²) < 4.78 is 13.3. The number of aromatic nitrogens is 4. The summed E-state index contributed by atoms with van der Waals surface area (Å²) in [5.74, 6) is 0.195. The number of primary amides is 1. The van der Waals surface area contributed by atoms with Crippen LogP contribution in [-0.2, 0) is 0 Å². The summed E-state index contributed by atoms with van der Waals surface area (Å²) in [5, 5.41) is 0. The molecule has 2 aromatic heterocycles. The van der Waals surface area contributed by atoms with Gasteiger partial charge < -0.3 is 10.6 Å². The van der Waals surface area contributed by atoms with Gasteiger partial charge in [0.05, 0.1) is 0 Å². The van der Waals surface area contributed by atoms with Crippen LogP contribution in [0, 0.1) is 6.08 Å². The summed E-state index contributed by atoms with van der Waals surface area (Å²) in [4.78, 5) is 28.8. The first-order valence-electron chi connectivity index (χ1n) is 7.01. The van der Waals surface area contributed by atoms with Gasteiger partial charge in [0.2, 0.25) is 0 Å². The first kappa shape index (κ1) is 15.5. The minimum Gasteiger partial charge on any atom is -0.365 e. The predicted octanol–water partition coefficient (Wildman–Crippen LogP) is 1.94. The highest BCUT2D eigenvalue weighted by atomic mass is 19.1. The van der Waals surface area contributed by atoms with Crippen molar-refractivity contribution in [1.29, 1.82) is 0 Å². The van der Waals surface area contributed by atoms with Crippen molar-refractivity contribution in [3.8, 4) is 11.4 Å². The van der Waals surface area contributed by atoms with Crippen LogP contribution in [0.15, 0.2) is 48.8 Å². The highest BCUT2D eigenvalue weighted by Gasteiger charge is 2.18. The summed E-state index contributed by atoms with van der Waals surface area (Å²) in [5.41, 5.74) is 6.28. The Morgan fingerprint density at radius 1 is 1.12 bits per heavy atom. The van der Waals surface area contributed by atoms with Crippen molar-refractivity contribution in [2.75, 3.05) is 11.9 Å². The van der Waals surface area contributed by atoms with E-state index in [0.29, 0.717) is 5.82 Å². The van der Waals surface area contributed by atoms with Crippen LogP contribution in [-0.4, -0.2) is 32.9 Å². The third-order valence-corrected chi connectivity index (χ3v) is 3.34. The van der Waals surface area contributed by atoms with Crippen molar-refractivity contribution in [2.45, 2.75) is 0 Å². The Bertz CT molecular complexity index is 887. The second-order valence-electron chi connectivity index (χ2n) is 4.90. The van der Waals surface area contributed by atoms with E-state index >= 15 is 0 Å². The second-order valence-corrected chi connectivity index (χ2v) is 4.90. The van der Waals surface area contributed by atoms with Crippen molar-refractivity contribution in [2.24, 2.45) is 5.73 Å². The Balaban J connectivity index is 2.12. The van der Waals surface area contributed by atoms with Gasteiger partial charge in [-0.05, 0) is 6.07 Å². The summed E-state index contributed by atoms with van der Waals surface area (Å²) in [7, 11) is 1.60. The molecule has 7 nitrogen and oxygen atoms in total. The van der Waals surface area contributed by atoms with E-state index in [0.717, 1.165) is 5.56 Å². The van der Waals surface area contributed by atoms with E-state index in [1.807, 2.05) is 30.3 Å². The smallest absolute Gasteiger partial charge is 0.310 e. The van der Waals surface area contributed by atoms with E-state index in [4.69, 9.17) is 5.73 Å². The van der Waals surface area contributed by atoms with Gasteiger partial charge in [0.25, 0.3) is 5.91 Å². The van der Waals surface area contributed by atoms with Gasteiger partial charge in [0.1, 0.15) is 11.4 Å². The van der Waals surface area contributed by atoms with Gasteiger partial charge in [0.15, 0.2) is 11.6 Å². The summed E-state index contributed by atoms with van der Waals surface area (Å²) >= 11 is 0. The molecule has 3 aromatic rings. The zero-order chi connectivity index (χ0) is 17.1. The molecule has 0 bridgehead atoms. The van der Waals surface area contributed by atoms with E-state index in [1.54, 1.807) is 7.05 Å². The second kappa shape index (κ2) is 6.37. The zero-order valence-corrected chi connectivity index (χ0v) is 12.7. The fourth-order valence-electron chi connectivity index (χ4n) is 2.15. The van der Waals surface area contributed by atoms with Gasteiger partial charge in [-0.3, -0.25) is 4.79 Å². The fraction of sp³-hybridized carbons (Fsp3) is 0.0625. The van der Waals surface area contributed by atoms with Crippen LogP contribution in [0.5, 0.6) is 0 Å². The lowest BCUT2D eigenvalue weighted by Crippen LogP contribution is -2.21. The van der Waals surface area contributed by atoms with Crippen LogP contribution in [0.4, 0.5) is 16.0 Å². The molecule has 2 heterocycles. The normalized spacial score (nSPS) is 10.4. The van der Waals surface area contributed by atoms with E-state index < -0.39 is 12.0 Å². The number of benzene rings is 1. The van der Waals surface area contributed by atoms with Gasteiger partial charge in [-0.1, -0.05) is 30.3 Å². The Kier molecular flexibility index (Phi) is 4.11. The maximum absolute atomic E-state index is 13.3. The minimum atomic E-state index is -0.877. The molecule has 0 aliphatic rings. The molecule has 0 aliphatic carbocycles. The molecule has 0 saturated carbocycles. The number of amides is 1. The number of nitrogens with two attached hydrogens (primary N) is 1. The Morgan fingerprint density at radius 3 is 2.54 bits per heavy atom. The molecule has 1 aromatic carbocycles. The quantitative estimate of drug-likeness (QED) is 0.737. The van der Waals surface area contributed by atoms with Crippen molar-refractivity contribution in [3.63, 3.8) is 0 Å². The zero-order valence-electron chi connectivity index (χ0n) is 12.7. The molecule has 0 aliphatic heterocycles. The lowest BCUT2D eigenvalue weighted by Gasteiger charge is -2.19. The molecule has 0 fully saturated rings. The van der Waals surface area contributed by atoms with Crippen LogP contribution in [0.3, 0.4) is 0 Å². The first-order chi connectivity index (χ1) is 11.6. The molecule has 8 heteroatoms. The third kappa shape index (κ3) is 3.02. The van der Waals surface area contributed by atoms with E-state index in [2.05, 4.69) is 19.9 Å². The largest absolute Gasteiger partial charge is 0.365 e. The van der Waals surface area contributed by atoms with Crippen molar-refractivity contribution in [1.82, 2.24) is 19.9 Å². The monoisotopic (exact) mass is 324 g/mol. The molecule has 0 radical (unpaired) electrons. The predicted molar refractivity (Wildman–Crippen MR) is 86.0 cm³/mol. The number of nitrogens with zero attached hydrogens (tertiary/aromatic N) is 5. The van der Waals surface area contributed by atoms with Gasteiger partial charge in [-0.2, -0.15) is 9.37 Å². The molecule has 120 valence electrons. The molecular formula is C16H13FN6O. The van der Waals surface area contributed by atoms with E-state index in [9.17, 15) is 9.18 Å².